The van der Waals surface area contributed by atoms with Gasteiger partial charge in [-0.2, -0.15) is 0 Å². The molecule has 3 rings (SSSR count). The summed E-state index contributed by atoms with van der Waals surface area (Å²) in [5, 5.41) is 3.46. The van der Waals surface area contributed by atoms with Crippen LogP contribution in [0.15, 0.2) is 42.5 Å². The summed E-state index contributed by atoms with van der Waals surface area (Å²) in [6.07, 6.45) is 0. The lowest BCUT2D eigenvalue weighted by Gasteiger charge is -2.38. The summed E-state index contributed by atoms with van der Waals surface area (Å²) < 4.78 is 5.30. The van der Waals surface area contributed by atoms with Crippen LogP contribution in [0.5, 0.6) is 5.75 Å². The third kappa shape index (κ3) is 5.08. The average molecular weight is 416 g/mol. The van der Waals surface area contributed by atoms with Crippen LogP contribution in [0.1, 0.15) is 24.2 Å². The van der Waals surface area contributed by atoms with Crippen molar-refractivity contribution in [2.24, 2.45) is 0 Å². The molecule has 1 aliphatic heterocycles. The SMILES string of the molecule is COc1ccc(Cl)cc1NC(=O)C(C)N1CCN(c2ccc(C(C)=O)cc2)CC1. The van der Waals surface area contributed by atoms with Gasteiger partial charge in [0.2, 0.25) is 5.91 Å². The molecule has 1 N–H and O–H groups in total. The second-order valence-electron chi connectivity index (χ2n) is 7.14. The Morgan fingerprint density at radius 2 is 1.72 bits per heavy atom. The van der Waals surface area contributed by atoms with Gasteiger partial charge in [-0.1, -0.05) is 11.6 Å². The molecule has 1 unspecified atom stereocenters. The normalized spacial score (nSPS) is 15.7. The summed E-state index contributed by atoms with van der Waals surface area (Å²) in [5.41, 5.74) is 2.38. The lowest BCUT2D eigenvalue weighted by molar-refractivity contribution is -0.120. The fraction of sp³-hybridized carbons (Fsp3) is 0.364. The Bertz CT molecular complexity index is 877. The Hall–Kier alpha value is -2.57. The van der Waals surface area contributed by atoms with E-state index in [1.165, 1.54) is 0 Å². The molecule has 154 valence electrons. The molecule has 7 heteroatoms. The van der Waals surface area contributed by atoms with E-state index in [1.807, 2.05) is 31.2 Å². The number of ketones is 1. The molecule has 0 spiro atoms. The molecule has 1 heterocycles. The zero-order valence-electron chi connectivity index (χ0n) is 16.9. The van der Waals surface area contributed by atoms with Crippen molar-refractivity contribution in [3.8, 4) is 5.75 Å². The molecule has 1 aliphatic rings. The minimum Gasteiger partial charge on any atom is -0.495 e. The van der Waals surface area contributed by atoms with E-state index in [0.717, 1.165) is 31.9 Å². The highest BCUT2D eigenvalue weighted by Crippen LogP contribution is 2.28. The smallest absolute Gasteiger partial charge is 0.241 e. The van der Waals surface area contributed by atoms with Crippen LogP contribution in [0.2, 0.25) is 5.02 Å². The summed E-state index contributed by atoms with van der Waals surface area (Å²) in [7, 11) is 1.56. The van der Waals surface area contributed by atoms with E-state index in [2.05, 4.69) is 15.1 Å². The van der Waals surface area contributed by atoms with E-state index < -0.39 is 0 Å². The van der Waals surface area contributed by atoms with Crippen LogP contribution in [-0.4, -0.2) is 55.9 Å². The first-order valence-electron chi connectivity index (χ1n) is 9.63. The molecule has 0 radical (unpaired) electrons. The van der Waals surface area contributed by atoms with Gasteiger partial charge in [-0.05, 0) is 56.3 Å². The van der Waals surface area contributed by atoms with Gasteiger partial charge in [0.25, 0.3) is 0 Å². The second kappa shape index (κ2) is 9.29. The van der Waals surface area contributed by atoms with Crippen LogP contribution in [0.4, 0.5) is 11.4 Å². The summed E-state index contributed by atoms with van der Waals surface area (Å²) in [6.45, 7) is 6.66. The van der Waals surface area contributed by atoms with E-state index in [4.69, 9.17) is 16.3 Å². The summed E-state index contributed by atoms with van der Waals surface area (Å²) in [5.74, 6) is 0.552. The molecule has 0 saturated carbocycles. The van der Waals surface area contributed by atoms with E-state index in [1.54, 1.807) is 32.2 Å². The third-order valence-corrected chi connectivity index (χ3v) is 5.53. The van der Waals surface area contributed by atoms with Crippen molar-refractivity contribution in [1.82, 2.24) is 4.90 Å². The number of carbonyl (C=O) groups is 2. The highest BCUT2D eigenvalue weighted by Gasteiger charge is 2.26. The molecular formula is C22H26ClN3O3. The number of ether oxygens (including phenoxy) is 1. The first-order valence-corrected chi connectivity index (χ1v) is 10.0. The largest absolute Gasteiger partial charge is 0.495 e. The Labute approximate surface area is 176 Å². The number of nitrogens with zero attached hydrogens (tertiary/aromatic N) is 2. The minimum atomic E-state index is -0.277. The quantitative estimate of drug-likeness (QED) is 0.729. The summed E-state index contributed by atoms with van der Waals surface area (Å²) >= 11 is 6.05. The molecule has 1 amide bonds. The van der Waals surface area contributed by atoms with Crippen molar-refractivity contribution in [1.29, 1.82) is 0 Å². The molecule has 1 saturated heterocycles. The Morgan fingerprint density at radius 3 is 2.31 bits per heavy atom. The molecule has 6 nitrogen and oxygen atoms in total. The Morgan fingerprint density at radius 1 is 1.07 bits per heavy atom. The van der Waals surface area contributed by atoms with Crippen LogP contribution in [-0.2, 0) is 4.79 Å². The predicted molar refractivity (Wildman–Crippen MR) is 116 cm³/mol. The maximum Gasteiger partial charge on any atom is 0.241 e. The molecule has 1 fully saturated rings. The summed E-state index contributed by atoms with van der Waals surface area (Å²) in [4.78, 5) is 28.6. The molecule has 2 aromatic carbocycles. The van der Waals surface area contributed by atoms with Crippen LogP contribution in [0.25, 0.3) is 0 Å². The van der Waals surface area contributed by atoms with E-state index in [9.17, 15) is 9.59 Å². The van der Waals surface area contributed by atoms with Gasteiger partial charge in [0.15, 0.2) is 5.78 Å². The number of carbonyl (C=O) groups excluding carboxylic acids is 2. The van der Waals surface area contributed by atoms with Crippen LogP contribution in [0, 0.1) is 0 Å². The number of hydrogen-bond donors (Lipinski definition) is 1. The number of piperazine rings is 1. The highest BCUT2D eigenvalue weighted by molar-refractivity contribution is 6.31. The van der Waals surface area contributed by atoms with Crippen LogP contribution in [0.3, 0.4) is 0 Å². The van der Waals surface area contributed by atoms with Crippen molar-refractivity contribution < 1.29 is 14.3 Å². The average Bonchev–Trinajstić information content (AvgIpc) is 2.73. The Kier molecular flexibility index (Phi) is 6.77. The van der Waals surface area contributed by atoms with E-state index in [0.29, 0.717) is 22.0 Å². The number of hydrogen-bond acceptors (Lipinski definition) is 5. The second-order valence-corrected chi connectivity index (χ2v) is 7.57. The number of benzene rings is 2. The number of rotatable bonds is 6. The van der Waals surface area contributed by atoms with Gasteiger partial charge in [-0.25, -0.2) is 0 Å². The lowest BCUT2D eigenvalue weighted by Crippen LogP contribution is -2.52. The molecule has 0 bridgehead atoms. The van der Waals surface area contributed by atoms with Crippen LogP contribution >= 0.6 is 11.6 Å². The predicted octanol–water partition coefficient (Wildman–Crippen LogP) is 3.70. The zero-order chi connectivity index (χ0) is 21.0. The molecule has 0 aliphatic carbocycles. The van der Waals surface area contributed by atoms with Crippen molar-refractivity contribution in [3.05, 3.63) is 53.1 Å². The van der Waals surface area contributed by atoms with Crippen molar-refractivity contribution in [2.45, 2.75) is 19.9 Å². The molecule has 1 atom stereocenters. The molecule has 2 aromatic rings. The van der Waals surface area contributed by atoms with Crippen molar-refractivity contribution >= 4 is 34.7 Å². The maximum atomic E-state index is 12.7. The van der Waals surface area contributed by atoms with E-state index in [-0.39, 0.29) is 17.7 Å². The van der Waals surface area contributed by atoms with Gasteiger partial charge >= 0.3 is 0 Å². The molecule has 0 aromatic heterocycles. The fourth-order valence-electron chi connectivity index (χ4n) is 3.46. The third-order valence-electron chi connectivity index (χ3n) is 5.30. The number of Topliss-reactive ketones (excluding diaryl/α,β-unsaturated/α-hetero) is 1. The topological polar surface area (TPSA) is 61.9 Å². The monoisotopic (exact) mass is 415 g/mol. The summed E-state index contributed by atoms with van der Waals surface area (Å²) in [6, 6.07) is 12.5. The number of anilines is 2. The van der Waals surface area contributed by atoms with Crippen molar-refractivity contribution in [2.75, 3.05) is 43.5 Å². The highest BCUT2D eigenvalue weighted by atomic mass is 35.5. The Balaban J connectivity index is 1.58. The van der Waals surface area contributed by atoms with Gasteiger partial charge in [-0.15, -0.1) is 0 Å². The van der Waals surface area contributed by atoms with Gasteiger partial charge in [0, 0.05) is 42.5 Å². The number of halogens is 1. The standard InChI is InChI=1S/C22H26ClN3O3/c1-15(22(28)24-20-14-18(23)6-9-21(20)29-3)25-10-12-26(13-11-25)19-7-4-17(5-8-19)16(2)27/h4-9,14-15H,10-13H2,1-3H3,(H,24,28). The van der Waals surface area contributed by atoms with E-state index >= 15 is 0 Å². The van der Waals surface area contributed by atoms with Gasteiger partial charge in [-0.3, -0.25) is 14.5 Å². The molecule has 29 heavy (non-hydrogen) atoms. The number of amides is 1. The fourth-order valence-corrected chi connectivity index (χ4v) is 3.63. The maximum absolute atomic E-state index is 12.7. The van der Waals surface area contributed by atoms with Gasteiger partial charge in [0.1, 0.15) is 5.75 Å². The first-order chi connectivity index (χ1) is 13.9. The van der Waals surface area contributed by atoms with Gasteiger partial charge < -0.3 is 15.0 Å². The lowest BCUT2D eigenvalue weighted by atomic mass is 10.1. The number of nitrogens with one attached hydrogen (secondary N) is 1. The van der Waals surface area contributed by atoms with Crippen molar-refractivity contribution in [3.63, 3.8) is 0 Å². The minimum absolute atomic E-state index is 0.0672. The van der Waals surface area contributed by atoms with Gasteiger partial charge in [0.05, 0.1) is 18.8 Å². The van der Waals surface area contributed by atoms with Crippen LogP contribution < -0.4 is 15.0 Å². The number of methoxy groups -OCH3 is 1. The molecular weight excluding hydrogens is 390 g/mol. The first kappa shape index (κ1) is 21.1. The zero-order valence-corrected chi connectivity index (χ0v) is 17.7.